The fraction of sp³-hybridized carbons (Fsp3) is 0.333. The van der Waals surface area contributed by atoms with E-state index in [4.69, 9.17) is 0 Å². The third-order valence-corrected chi connectivity index (χ3v) is 4.03. The molecule has 2 aromatic heterocycles. The molecule has 0 amide bonds. The molecule has 0 N–H and O–H groups in total. The van der Waals surface area contributed by atoms with E-state index in [9.17, 15) is 0 Å². The molecule has 0 bridgehead atoms. The van der Waals surface area contributed by atoms with Gasteiger partial charge in [0.15, 0.2) is 5.65 Å². The lowest BCUT2D eigenvalue weighted by atomic mass is 10.3. The summed E-state index contributed by atoms with van der Waals surface area (Å²) >= 11 is 5.70. The van der Waals surface area contributed by atoms with Gasteiger partial charge in [-0.1, -0.05) is 13.8 Å². The molecule has 2 rings (SSSR count). The first-order chi connectivity index (χ1) is 7.22. The van der Waals surface area contributed by atoms with Crippen LogP contribution in [0.25, 0.3) is 11.0 Å². The number of hydrogen-bond donors (Lipinski definition) is 0. The molecule has 82 valence electrons. The molecule has 0 saturated heterocycles. The number of fused-ring (bicyclic) bond motifs is 1. The highest BCUT2D eigenvalue weighted by atomic mass is 127. The van der Waals surface area contributed by atoms with Crippen molar-refractivity contribution in [3.8, 4) is 0 Å². The highest BCUT2D eigenvalue weighted by Gasteiger charge is 2.07. The maximum atomic E-state index is 4.39. The SMILES string of the molecule is CC.Cc1nn(PI)c2ncc(Br)cc12. The zero-order valence-electron chi connectivity index (χ0n) is 8.75. The second-order valence-corrected chi connectivity index (χ2v) is 5.56. The summed E-state index contributed by atoms with van der Waals surface area (Å²) in [5, 5.41) is 5.51. The summed E-state index contributed by atoms with van der Waals surface area (Å²) in [6, 6.07) is 2.05. The van der Waals surface area contributed by atoms with Gasteiger partial charge in [0.25, 0.3) is 0 Å². The normalized spacial score (nSPS) is 10.7. The third-order valence-electron chi connectivity index (χ3n) is 1.75. The number of aromatic nitrogens is 3. The Morgan fingerprint density at radius 1 is 1.47 bits per heavy atom. The number of aryl methyl sites for hydroxylation is 1. The van der Waals surface area contributed by atoms with Crippen molar-refractivity contribution >= 4 is 55.4 Å². The van der Waals surface area contributed by atoms with Crippen LogP contribution in [-0.2, 0) is 0 Å². The van der Waals surface area contributed by atoms with E-state index in [0.717, 1.165) is 21.2 Å². The molecular formula is C9H12BrIN3P. The Hall–Kier alpha value is 0.260. The second-order valence-electron chi connectivity index (χ2n) is 2.61. The molecule has 0 aliphatic rings. The Morgan fingerprint density at radius 2 is 2.13 bits per heavy atom. The lowest BCUT2D eigenvalue weighted by Crippen LogP contribution is -1.85. The molecule has 0 fully saturated rings. The highest BCUT2D eigenvalue weighted by Crippen LogP contribution is 2.29. The van der Waals surface area contributed by atoms with Crippen LogP contribution in [-0.4, -0.2) is 14.5 Å². The first kappa shape index (κ1) is 13.3. The van der Waals surface area contributed by atoms with Gasteiger partial charge in [-0.25, -0.2) is 9.44 Å². The molecule has 15 heavy (non-hydrogen) atoms. The van der Waals surface area contributed by atoms with E-state index < -0.39 is 0 Å². The molecule has 1 atom stereocenters. The minimum Gasteiger partial charge on any atom is -0.235 e. The highest BCUT2D eigenvalue weighted by molar-refractivity contribution is 14.2. The van der Waals surface area contributed by atoms with Crippen molar-refractivity contribution in [3.05, 3.63) is 22.4 Å². The van der Waals surface area contributed by atoms with Gasteiger partial charge in [-0.3, -0.25) is 0 Å². The number of nitrogens with zero attached hydrogens (tertiary/aromatic N) is 3. The summed E-state index contributed by atoms with van der Waals surface area (Å²) < 4.78 is 2.93. The van der Waals surface area contributed by atoms with Crippen LogP contribution in [0.5, 0.6) is 0 Å². The van der Waals surface area contributed by atoms with Crippen LogP contribution in [0.4, 0.5) is 0 Å². The van der Waals surface area contributed by atoms with E-state index in [-0.39, 0.29) is 0 Å². The average molecular weight is 400 g/mol. The van der Waals surface area contributed by atoms with Crippen molar-refractivity contribution in [3.63, 3.8) is 0 Å². The van der Waals surface area contributed by atoms with E-state index in [1.165, 1.54) is 0 Å². The molecular weight excluding hydrogens is 388 g/mol. The summed E-state index contributed by atoms with van der Waals surface area (Å²) in [6.45, 7) is 6.00. The van der Waals surface area contributed by atoms with Crippen molar-refractivity contribution in [2.75, 3.05) is 0 Å². The quantitative estimate of drug-likeness (QED) is 0.528. The topological polar surface area (TPSA) is 30.7 Å². The molecule has 0 aromatic carbocycles. The Morgan fingerprint density at radius 3 is 2.73 bits per heavy atom. The van der Waals surface area contributed by atoms with E-state index in [0.29, 0.717) is 6.37 Å². The van der Waals surface area contributed by atoms with Crippen LogP contribution in [0.2, 0.25) is 0 Å². The van der Waals surface area contributed by atoms with E-state index in [1.807, 2.05) is 25.2 Å². The maximum Gasteiger partial charge on any atom is 0.162 e. The van der Waals surface area contributed by atoms with E-state index in [1.54, 1.807) is 6.20 Å². The molecule has 3 nitrogen and oxygen atoms in total. The molecule has 0 aliphatic heterocycles. The molecule has 1 unspecified atom stereocenters. The monoisotopic (exact) mass is 399 g/mol. The lowest BCUT2D eigenvalue weighted by molar-refractivity contribution is 0.990. The number of pyridine rings is 1. The van der Waals surface area contributed by atoms with E-state index >= 15 is 0 Å². The van der Waals surface area contributed by atoms with Crippen molar-refractivity contribution in [2.45, 2.75) is 20.8 Å². The largest absolute Gasteiger partial charge is 0.235 e. The van der Waals surface area contributed by atoms with Crippen LogP contribution >= 0.6 is 44.3 Å². The average Bonchev–Trinajstić information content (AvgIpc) is 2.58. The van der Waals surface area contributed by atoms with Crippen LogP contribution in [0.1, 0.15) is 19.5 Å². The summed E-state index contributed by atoms with van der Waals surface area (Å²) in [5.74, 6) is 0. The first-order valence-corrected chi connectivity index (χ1v) is 9.45. The maximum absolute atomic E-state index is 4.39. The van der Waals surface area contributed by atoms with Gasteiger partial charge >= 0.3 is 0 Å². The molecule has 2 heterocycles. The standard InChI is InChI=1S/C7H6BrIN3P.C2H6/c1-4-6-2-5(8)3-10-7(6)12(11-4)13-9;1-2/h2-3,13H,1H3;1-2H3. The third kappa shape index (κ3) is 2.88. The number of rotatable bonds is 1. The zero-order chi connectivity index (χ0) is 11.4. The second kappa shape index (κ2) is 6.11. The van der Waals surface area contributed by atoms with Gasteiger partial charge in [-0.2, -0.15) is 5.10 Å². The fourth-order valence-corrected chi connectivity index (χ4v) is 2.96. The van der Waals surface area contributed by atoms with Gasteiger partial charge in [0, 0.05) is 16.1 Å². The lowest BCUT2D eigenvalue weighted by Gasteiger charge is -1.94. The van der Waals surface area contributed by atoms with Crippen molar-refractivity contribution < 1.29 is 0 Å². The smallest absolute Gasteiger partial charge is 0.162 e. The van der Waals surface area contributed by atoms with Crippen molar-refractivity contribution in [2.24, 2.45) is 0 Å². The van der Waals surface area contributed by atoms with Gasteiger partial charge in [-0.15, -0.1) is 0 Å². The van der Waals surface area contributed by atoms with Crippen LogP contribution in [0, 0.1) is 6.92 Å². The van der Waals surface area contributed by atoms with Crippen molar-refractivity contribution in [1.82, 2.24) is 14.5 Å². The zero-order valence-corrected chi connectivity index (χ0v) is 13.5. The van der Waals surface area contributed by atoms with Gasteiger partial charge in [-0.05, 0) is 51.0 Å². The Balaban J connectivity index is 0.000000531. The predicted molar refractivity (Wildman–Crippen MR) is 79.0 cm³/mol. The minimum absolute atomic E-state index is 0.599. The summed E-state index contributed by atoms with van der Waals surface area (Å²) in [6.07, 6.45) is 2.40. The Kier molecular flexibility index (Phi) is 5.43. The Bertz CT molecular complexity index is 458. The summed E-state index contributed by atoms with van der Waals surface area (Å²) in [7, 11) is 0. The van der Waals surface area contributed by atoms with Crippen LogP contribution < -0.4 is 0 Å². The van der Waals surface area contributed by atoms with Gasteiger partial charge in [0.1, 0.15) is 0 Å². The Labute approximate surface area is 112 Å². The first-order valence-electron chi connectivity index (χ1n) is 4.60. The van der Waals surface area contributed by atoms with E-state index in [2.05, 4.69) is 54.1 Å². The molecule has 0 spiro atoms. The number of hydrogen-bond acceptors (Lipinski definition) is 2. The van der Waals surface area contributed by atoms with Gasteiger partial charge in [0.05, 0.1) is 12.1 Å². The van der Waals surface area contributed by atoms with Crippen molar-refractivity contribution in [1.29, 1.82) is 0 Å². The fourth-order valence-electron chi connectivity index (χ4n) is 1.18. The summed E-state index contributed by atoms with van der Waals surface area (Å²) in [5.41, 5.74) is 2.00. The number of halogens is 2. The predicted octanol–water partition coefficient (Wildman–Crippen LogP) is 4.32. The van der Waals surface area contributed by atoms with Gasteiger partial charge < -0.3 is 0 Å². The molecule has 0 saturated carbocycles. The molecule has 6 heteroatoms. The molecule has 0 aliphatic carbocycles. The summed E-state index contributed by atoms with van der Waals surface area (Å²) in [4.78, 5) is 4.33. The van der Waals surface area contributed by atoms with Gasteiger partial charge in [0.2, 0.25) is 0 Å². The minimum atomic E-state index is 0.599. The molecule has 2 aromatic rings. The molecule has 0 radical (unpaired) electrons. The van der Waals surface area contributed by atoms with Crippen LogP contribution in [0.3, 0.4) is 0 Å². The van der Waals surface area contributed by atoms with Crippen LogP contribution in [0.15, 0.2) is 16.7 Å².